The lowest BCUT2D eigenvalue weighted by Gasteiger charge is -2.36. The molecule has 3 N–H and O–H groups in total. The fourth-order valence-corrected chi connectivity index (χ4v) is 3.33. The largest absolute Gasteiger partial charge is 0.489 e. The summed E-state index contributed by atoms with van der Waals surface area (Å²) in [7, 11) is 0. The monoisotopic (exact) mass is 337 g/mol. The Morgan fingerprint density at radius 3 is 2.96 bits per heavy atom. The SMILES string of the molecule is O=C(C1CC(COc2ccccc2F)NN1)N1CCCCC1CO. The quantitative estimate of drug-likeness (QED) is 0.742. The van der Waals surface area contributed by atoms with E-state index in [0.29, 0.717) is 13.0 Å². The third-order valence-corrected chi connectivity index (χ3v) is 4.68. The number of rotatable bonds is 5. The summed E-state index contributed by atoms with van der Waals surface area (Å²) < 4.78 is 19.0. The number of likely N-dealkylation sites (tertiary alicyclic amines) is 1. The van der Waals surface area contributed by atoms with Crippen LogP contribution in [-0.2, 0) is 4.79 Å². The number of hydrogen-bond acceptors (Lipinski definition) is 5. The average molecular weight is 337 g/mol. The van der Waals surface area contributed by atoms with Crippen LogP contribution in [0, 0.1) is 5.82 Å². The van der Waals surface area contributed by atoms with E-state index in [0.717, 1.165) is 19.3 Å². The van der Waals surface area contributed by atoms with Gasteiger partial charge in [-0.15, -0.1) is 0 Å². The molecule has 2 saturated heterocycles. The number of amides is 1. The van der Waals surface area contributed by atoms with Gasteiger partial charge in [0.2, 0.25) is 5.91 Å². The molecule has 132 valence electrons. The number of hydrazine groups is 1. The number of piperidine rings is 1. The lowest BCUT2D eigenvalue weighted by atomic mass is 10.0. The first kappa shape index (κ1) is 17.1. The summed E-state index contributed by atoms with van der Waals surface area (Å²) >= 11 is 0. The first-order chi connectivity index (χ1) is 11.7. The number of carbonyl (C=O) groups excluding carboxylic acids is 1. The van der Waals surface area contributed by atoms with Crippen LogP contribution in [0.1, 0.15) is 25.7 Å². The Labute approximate surface area is 140 Å². The smallest absolute Gasteiger partial charge is 0.241 e. The van der Waals surface area contributed by atoms with E-state index in [2.05, 4.69) is 10.9 Å². The maximum Gasteiger partial charge on any atom is 0.241 e. The third-order valence-electron chi connectivity index (χ3n) is 4.68. The van der Waals surface area contributed by atoms with E-state index >= 15 is 0 Å². The maximum atomic E-state index is 13.5. The van der Waals surface area contributed by atoms with Crippen molar-refractivity contribution in [2.45, 2.75) is 43.8 Å². The van der Waals surface area contributed by atoms with Crippen LogP contribution >= 0.6 is 0 Å². The number of halogens is 1. The van der Waals surface area contributed by atoms with Crippen LogP contribution in [0.3, 0.4) is 0 Å². The highest BCUT2D eigenvalue weighted by Crippen LogP contribution is 2.20. The zero-order valence-corrected chi connectivity index (χ0v) is 13.6. The van der Waals surface area contributed by atoms with Crippen LogP contribution < -0.4 is 15.6 Å². The Balaban J connectivity index is 1.51. The maximum absolute atomic E-state index is 13.5. The van der Waals surface area contributed by atoms with Gasteiger partial charge in [-0.25, -0.2) is 9.82 Å². The van der Waals surface area contributed by atoms with Crippen molar-refractivity contribution in [3.8, 4) is 5.75 Å². The van der Waals surface area contributed by atoms with Crippen molar-refractivity contribution in [1.82, 2.24) is 15.8 Å². The highest BCUT2D eigenvalue weighted by atomic mass is 19.1. The molecule has 0 bridgehead atoms. The van der Waals surface area contributed by atoms with Gasteiger partial charge >= 0.3 is 0 Å². The molecule has 2 aliphatic heterocycles. The summed E-state index contributed by atoms with van der Waals surface area (Å²) in [6, 6.07) is 5.77. The highest BCUT2D eigenvalue weighted by molar-refractivity contribution is 5.82. The summed E-state index contributed by atoms with van der Waals surface area (Å²) in [6.07, 6.45) is 3.44. The van der Waals surface area contributed by atoms with Gasteiger partial charge in [-0.2, -0.15) is 0 Å². The molecule has 0 aliphatic carbocycles. The molecule has 7 heteroatoms. The summed E-state index contributed by atoms with van der Waals surface area (Å²) in [5, 5.41) is 9.46. The van der Waals surface area contributed by atoms with Crippen LogP contribution in [0.4, 0.5) is 4.39 Å². The van der Waals surface area contributed by atoms with Gasteiger partial charge in [0.05, 0.1) is 18.7 Å². The second-order valence-electron chi connectivity index (χ2n) is 6.38. The minimum atomic E-state index is -0.393. The van der Waals surface area contributed by atoms with Crippen LogP contribution in [-0.4, -0.2) is 53.8 Å². The van der Waals surface area contributed by atoms with E-state index in [9.17, 15) is 14.3 Å². The van der Waals surface area contributed by atoms with Crippen molar-refractivity contribution in [3.05, 3.63) is 30.1 Å². The standard InChI is InChI=1S/C17H24FN3O3/c18-14-6-1-2-7-16(14)24-11-12-9-15(20-19-12)17(23)21-8-4-3-5-13(21)10-22/h1-2,6-7,12-13,15,19-20,22H,3-5,8-11H2. The fraction of sp³-hybridized carbons (Fsp3) is 0.588. The number of aliphatic hydroxyl groups excluding tert-OH is 1. The molecule has 0 saturated carbocycles. The van der Waals surface area contributed by atoms with Gasteiger partial charge in [-0.3, -0.25) is 10.2 Å². The van der Waals surface area contributed by atoms with Gasteiger partial charge in [0.1, 0.15) is 12.6 Å². The summed E-state index contributed by atoms with van der Waals surface area (Å²) in [4.78, 5) is 14.4. The van der Waals surface area contributed by atoms with Crippen molar-refractivity contribution >= 4 is 5.91 Å². The van der Waals surface area contributed by atoms with Crippen LogP contribution in [0.25, 0.3) is 0 Å². The molecule has 3 rings (SSSR count). The molecular formula is C17H24FN3O3. The Morgan fingerprint density at radius 2 is 2.17 bits per heavy atom. The normalized spacial score (nSPS) is 27.2. The predicted molar refractivity (Wildman–Crippen MR) is 86.8 cm³/mol. The topological polar surface area (TPSA) is 73.8 Å². The van der Waals surface area contributed by atoms with E-state index in [1.807, 2.05) is 0 Å². The number of nitrogens with one attached hydrogen (secondary N) is 2. The zero-order chi connectivity index (χ0) is 16.9. The number of aliphatic hydroxyl groups is 1. The van der Waals surface area contributed by atoms with E-state index in [1.54, 1.807) is 23.1 Å². The number of ether oxygens (including phenoxy) is 1. The van der Waals surface area contributed by atoms with Crippen molar-refractivity contribution in [2.75, 3.05) is 19.8 Å². The van der Waals surface area contributed by atoms with Gasteiger partial charge in [0, 0.05) is 6.54 Å². The Kier molecular flexibility index (Phi) is 5.65. The number of carbonyl (C=O) groups is 1. The van der Waals surface area contributed by atoms with Gasteiger partial charge in [-0.05, 0) is 37.8 Å². The molecule has 2 fully saturated rings. The zero-order valence-electron chi connectivity index (χ0n) is 13.6. The van der Waals surface area contributed by atoms with Crippen molar-refractivity contribution in [2.24, 2.45) is 0 Å². The van der Waals surface area contributed by atoms with Crippen LogP contribution in [0.5, 0.6) is 5.75 Å². The second-order valence-corrected chi connectivity index (χ2v) is 6.38. The Bertz CT molecular complexity index is 572. The molecule has 24 heavy (non-hydrogen) atoms. The molecule has 0 radical (unpaired) electrons. The number of benzene rings is 1. The molecule has 6 nitrogen and oxygen atoms in total. The van der Waals surface area contributed by atoms with Gasteiger partial charge < -0.3 is 14.7 Å². The molecule has 1 amide bonds. The predicted octanol–water partition coefficient (Wildman–Crippen LogP) is 0.813. The van der Waals surface area contributed by atoms with Gasteiger partial charge in [0.25, 0.3) is 0 Å². The second kappa shape index (κ2) is 7.92. The van der Waals surface area contributed by atoms with Crippen molar-refractivity contribution in [1.29, 1.82) is 0 Å². The minimum absolute atomic E-state index is 0.00567. The molecule has 2 aliphatic rings. The number of para-hydroxylation sites is 1. The molecule has 1 aromatic rings. The number of nitrogens with zero attached hydrogens (tertiary/aromatic N) is 1. The highest BCUT2D eigenvalue weighted by Gasteiger charge is 2.35. The first-order valence-electron chi connectivity index (χ1n) is 8.48. The number of hydrogen-bond donors (Lipinski definition) is 3. The molecule has 1 aromatic carbocycles. The van der Waals surface area contributed by atoms with Crippen LogP contribution in [0.2, 0.25) is 0 Å². The fourth-order valence-electron chi connectivity index (χ4n) is 3.33. The lowest BCUT2D eigenvalue weighted by molar-refractivity contribution is -0.138. The lowest BCUT2D eigenvalue weighted by Crippen LogP contribution is -2.52. The van der Waals surface area contributed by atoms with Crippen molar-refractivity contribution in [3.63, 3.8) is 0 Å². The molecule has 2 heterocycles. The first-order valence-corrected chi connectivity index (χ1v) is 8.48. The summed E-state index contributed by atoms with van der Waals surface area (Å²) in [6.45, 7) is 0.978. The van der Waals surface area contributed by atoms with E-state index < -0.39 is 5.82 Å². The third kappa shape index (κ3) is 3.85. The Morgan fingerprint density at radius 1 is 1.33 bits per heavy atom. The molecule has 0 aromatic heterocycles. The van der Waals surface area contributed by atoms with E-state index in [-0.39, 0.29) is 43.0 Å². The Hall–Kier alpha value is -1.70. The van der Waals surface area contributed by atoms with E-state index in [4.69, 9.17) is 4.74 Å². The van der Waals surface area contributed by atoms with E-state index in [1.165, 1.54) is 6.07 Å². The average Bonchev–Trinajstić information content (AvgIpc) is 3.09. The summed E-state index contributed by atoms with van der Waals surface area (Å²) in [5.41, 5.74) is 6.04. The van der Waals surface area contributed by atoms with Gasteiger partial charge in [-0.1, -0.05) is 12.1 Å². The molecule has 3 unspecified atom stereocenters. The molecule has 0 spiro atoms. The van der Waals surface area contributed by atoms with Gasteiger partial charge in [0.15, 0.2) is 11.6 Å². The van der Waals surface area contributed by atoms with Crippen LogP contribution in [0.15, 0.2) is 24.3 Å². The minimum Gasteiger partial charge on any atom is -0.489 e. The molecular weight excluding hydrogens is 313 g/mol. The molecule has 3 atom stereocenters. The van der Waals surface area contributed by atoms with Crippen molar-refractivity contribution < 1.29 is 19.0 Å². The summed E-state index contributed by atoms with van der Waals surface area (Å²) in [5.74, 6) is -0.171.